The lowest BCUT2D eigenvalue weighted by Gasteiger charge is -2.24. The Bertz CT molecular complexity index is 134. The molecule has 0 amide bonds. The van der Waals surface area contributed by atoms with E-state index >= 15 is 0 Å². The van der Waals surface area contributed by atoms with Gasteiger partial charge in [0.1, 0.15) is 6.10 Å². The molecule has 2 rings (SSSR count). The van der Waals surface area contributed by atoms with E-state index in [4.69, 9.17) is 4.74 Å². The number of carbonyl (C=O) groups excluding carboxylic acids is 1. The maximum atomic E-state index is 11.1. The number of hydrogen-bond acceptors (Lipinski definition) is 2. The third-order valence-electron chi connectivity index (χ3n) is 2.00. The van der Waals surface area contributed by atoms with E-state index in [1.165, 1.54) is 0 Å². The average Bonchev–Trinajstić information content (AvgIpc) is 2.37. The van der Waals surface area contributed by atoms with Crippen LogP contribution in [0.5, 0.6) is 0 Å². The van der Waals surface area contributed by atoms with Crippen LogP contribution in [0.1, 0.15) is 19.3 Å². The largest absolute Gasteiger partial charge is 0.370 e. The standard InChI is InChI=1S/C7H10O2/c8-7(5-1-2-5)6-3-4-9-6/h5-6H,1-4H2. The molecule has 50 valence electrons. The quantitative estimate of drug-likeness (QED) is 0.546. The molecular formula is C7H10O2. The van der Waals surface area contributed by atoms with Crippen molar-refractivity contribution in [2.75, 3.05) is 6.61 Å². The van der Waals surface area contributed by atoms with Crippen LogP contribution >= 0.6 is 0 Å². The second-order valence-electron chi connectivity index (χ2n) is 2.82. The van der Waals surface area contributed by atoms with Crippen LogP contribution in [-0.4, -0.2) is 18.5 Å². The fourth-order valence-corrected chi connectivity index (χ4v) is 1.09. The van der Waals surface area contributed by atoms with Crippen LogP contribution < -0.4 is 0 Å². The van der Waals surface area contributed by atoms with Crippen molar-refractivity contribution in [1.82, 2.24) is 0 Å². The Balaban J connectivity index is 1.88. The minimum Gasteiger partial charge on any atom is -0.370 e. The van der Waals surface area contributed by atoms with E-state index in [0.717, 1.165) is 25.9 Å². The molecule has 9 heavy (non-hydrogen) atoms. The van der Waals surface area contributed by atoms with Crippen molar-refractivity contribution in [1.29, 1.82) is 0 Å². The van der Waals surface area contributed by atoms with Crippen molar-refractivity contribution in [3.63, 3.8) is 0 Å². The summed E-state index contributed by atoms with van der Waals surface area (Å²) in [4.78, 5) is 11.1. The van der Waals surface area contributed by atoms with E-state index in [2.05, 4.69) is 0 Å². The van der Waals surface area contributed by atoms with Gasteiger partial charge in [-0.2, -0.15) is 0 Å². The normalized spacial score (nSPS) is 33.6. The van der Waals surface area contributed by atoms with Crippen LogP contribution in [0.3, 0.4) is 0 Å². The van der Waals surface area contributed by atoms with E-state index in [1.807, 2.05) is 0 Å². The van der Waals surface area contributed by atoms with E-state index < -0.39 is 0 Å². The smallest absolute Gasteiger partial charge is 0.164 e. The first-order chi connectivity index (χ1) is 4.38. The molecule has 0 radical (unpaired) electrons. The van der Waals surface area contributed by atoms with Gasteiger partial charge in [0.15, 0.2) is 5.78 Å². The van der Waals surface area contributed by atoms with Gasteiger partial charge < -0.3 is 4.74 Å². The second kappa shape index (κ2) is 1.81. The molecule has 1 atom stereocenters. The van der Waals surface area contributed by atoms with Crippen LogP contribution in [0.2, 0.25) is 0 Å². The number of Topliss-reactive ketones (excluding diaryl/α,β-unsaturated/α-hetero) is 1. The number of ketones is 1. The van der Waals surface area contributed by atoms with Crippen molar-refractivity contribution < 1.29 is 9.53 Å². The predicted molar refractivity (Wildman–Crippen MR) is 32.1 cm³/mol. The molecule has 1 saturated heterocycles. The van der Waals surface area contributed by atoms with Crippen molar-refractivity contribution >= 4 is 5.78 Å². The van der Waals surface area contributed by atoms with Crippen molar-refractivity contribution in [2.45, 2.75) is 25.4 Å². The monoisotopic (exact) mass is 126 g/mol. The fraction of sp³-hybridized carbons (Fsp3) is 0.857. The molecule has 1 aliphatic carbocycles. The van der Waals surface area contributed by atoms with E-state index in [-0.39, 0.29) is 6.10 Å². The van der Waals surface area contributed by atoms with Crippen LogP contribution in [0, 0.1) is 5.92 Å². The second-order valence-corrected chi connectivity index (χ2v) is 2.82. The van der Waals surface area contributed by atoms with Crippen LogP contribution in [-0.2, 0) is 9.53 Å². The third-order valence-corrected chi connectivity index (χ3v) is 2.00. The first-order valence-corrected chi connectivity index (χ1v) is 3.53. The molecule has 2 aliphatic rings. The van der Waals surface area contributed by atoms with Crippen molar-refractivity contribution in [3.8, 4) is 0 Å². The predicted octanol–water partition coefficient (Wildman–Crippen LogP) is 0.754. The first-order valence-electron chi connectivity index (χ1n) is 3.53. The molecule has 1 unspecified atom stereocenters. The van der Waals surface area contributed by atoms with Gasteiger partial charge in [-0.25, -0.2) is 0 Å². The van der Waals surface area contributed by atoms with Gasteiger partial charge in [0.2, 0.25) is 0 Å². The third kappa shape index (κ3) is 0.874. The van der Waals surface area contributed by atoms with Gasteiger partial charge in [-0.05, 0) is 12.8 Å². The summed E-state index contributed by atoms with van der Waals surface area (Å²) in [6.45, 7) is 0.795. The highest BCUT2D eigenvalue weighted by Crippen LogP contribution is 2.33. The summed E-state index contributed by atoms with van der Waals surface area (Å²) < 4.78 is 5.04. The summed E-state index contributed by atoms with van der Waals surface area (Å²) in [6.07, 6.45) is 3.18. The van der Waals surface area contributed by atoms with Crippen LogP contribution in [0.15, 0.2) is 0 Å². The lowest BCUT2D eigenvalue weighted by atomic mass is 10.1. The lowest BCUT2D eigenvalue weighted by molar-refractivity contribution is -0.143. The minimum atomic E-state index is -0.00231. The Hall–Kier alpha value is -0.370. The summed E-state index contributed by atoms with van der Waals surface area (Å²) >= 11 is 0. The highest BCUT2D eigenvalue weighted by atomic mass is 16.5. The maximum Gasteiger partial charge on any atom is 0.164 e. The molecule has 2 fully saturated rings. The highest BCUT2D eigenvalue weighted by molar-refractivity contribution is 5.87. The maximum absolute atomic E-state index is 11.1. The average molecular weight is 126 g/mol. The van der Waals surface area contributed by atoms with Gasteiger partial charge in [-0.1, -0.05) is 0 Å². The molecule has 1 heterocycles. The first kappa shape index (κ1) is 5.42. The molecule has 2 nitrogen and oxygen atoms in total. The SMILES string of the molecule is O=C(C1CC1)C1CCO1. The zero-order chi connectivity index (χ0) is 6.27. The Morgan fingerprint density at radius 2 is 2.00 bits per heavy atom. The summed E-state index contributed by atoms with van der Waals surface area (Å²) in [5.41, 5.74) is 0. The summed E-state index contributed by atoms with van der Waals surface area (Å²) in [6, 6.07) is 0. The topological polar surface area (TPSA) is 26.3 Å². The van der Waals surface area contributed by atoms with Crippen molar-refractivity contribution in [3.05, 3.63) is 0 Å². The molecule has 2 heteroatoms. The Morgan fingerprint density at radius 1 is 1.33 bits per heavy atom. The van der Waals surface area contributed by atoms with Crippen LogP contribution in [0.25, 0.3) is 0 Å². The van der Waals surface area contributed by atoms with Gasteiger partial charge >= 0.3 is 0 Å². The zero-order valence-corrected chi connectivity index (χ0v) is 5.30. The molecule has 0 aromatic heterocycles. The van der Waals surface area contributed by atoms with E-state index in [1.54, 1.807) is 0 Å². The number of ether oxygens (including phenoxy) is 1. The lowest BCUT2D eigenvalue weighted by Crippen LogP contribution is -2.35. The molecular weight excluding hydrogens is 116 g/mol. The molecule has 0 aromatic carbocycles. The van der Waals surface area contributed by atoms with Gasteiger partial charge in [-0.15, -0.1) is 0 Å². The number of rotatable bonds is 2. The minimum absolute atomic E-state index is 0.00231. The molecule has 1 aliphatic heterocycles. The Labute approximate surface area is 54.2 Å². The Morgan fingerprint density at radius 3 is 2.33 bits per heavy atom. The van der Waals surface area contributed by atoms with Gasteiger partial charge in [0.05, 0.1) is 6.61 Å². The Kier molecular flexibility index (Phi) is 1.09. The summed E-state index contributed by atoms with van der Waals surface area (Å²) in [7, 11) is 0. The molecule has 0 spiro atoms. The van der Waals surface area contributed by atoms with Crippen LogP contribution in [0.4, 0.5) is 0 Å². The van der Waals surface area contributed by atoms with Crippen molar-refractivity contribution in [2.24, 2.45) is 5.92 Å². The highest BCUT2D eigenvalue weighted by Gasteiger charge is 2.37. The molecule has 0 aromatic rings. The van der Waals surface area contributed by atoms with Gasteiger partial charge in [0.25, 0.3) is 0 Å². The molecule has 0 N–H and O–H groups in total. The summed E-state index contributed by atoms with van der Waals surface area (Å²) in [5, 5.41) is 0. The fourth-order valence-electron chi connectivity index (χ4n) is 1.09. The molecule has 1 saturated carbocycles. The van der Waals surface area contributed by atoms with E-state index in [9.17, 15) is 4.79 Å². The van der Waals surface area contributed by atoms with E-state index in [0.29, 0.717) is 11.7 Å². The number of carbonyl (C=O) groups is 1. The summed E-state index contributed by atoms with van der Waals surface area (Å²) in [5.74, 6) is 0.747. The molecule has 0 bridgehead atoms. The zero-order valence-electron chi connectivity index (χ0n) is 5.30. The van der Waals surface area contributed by atoms with Gasteiger partial charge in [0, 0.05) is 12.3 Å². The van der Waals surface area contributed by atoms with Gasteiger partial charge in [-0.3, -0.25) is 4.79 Å². The number of hydrogen-bond donors (Lipinski definition) is 0.